The summed E-state index contributed by atoms with van der Waals surface area (Å²) in [6.07, 6.45) is 4.79. The first-order valence-electron chi connectivity index (χ1n) is 3.50. The van der Waals surface area contributed by atoms with Crippen LogP contribution >= 0.6 is 0 Å². The zero-order valence-corrected chi connectivity index (χ0v) is 6.31. The van der Waals surface area contributed by atoms with E-state index >= 15 is 0 Å². The molecule has 0 saturated heterocycles. The van der Waals surface area contributed by atoms with E-state index in [0.29, 0.717) is 12.4 Å². The number of azo groups is 1. The largest absolute Gasteiger partial charge is 0.383 e. The Morgan fingerprint density at radius 3 is 3.17 bits per heavy atom. The summed E-state index contributed by atoms with van der Waals surface area (Å²) < 4.78 is 0. The summed E-state index contributed by atoms with van der Waals surface area (Å²) >= 11 is 0. The number of anilines is 1. The monoisotopic (exact) mass is 161 g/mol. The Bertz CT molecular complexity index is 355. The minimum atomic E-state index is 0.467. The first-order valence-corrected chi connectivity index (χ1v) is 3.50. The van der Waals surface area contributed by atoms with Gasteiger partial charge in [0.15, 0.2) is 0 Å². The lowest BCUT2D eigenvalue weighted by Crippen LogP contribution is -2.00. The van der Waals surface area contributed by atoms with E-state index in [4.69, 9.17) is 5.73 Å². The Morgan fingerprint density at radius 1 is 1.33 bits per heavy atom. The van der Waals surface area contributed by atoms with Gasteiger partial charge in [0.2, 0.25) is 0 Å². The van der Waals surface area contributed by atoms with Crippen molar-refractivity contribution in [2.75, 3.05) is 5.73 Å². The first kappa shape index (κ1) is 6.90. The molecule has 1 aromatic heterocycles. The van der Waals surface area contributed by atoms with E-state index in [1.165, 1.54) is 6.33 Å². The van der Waals surface area contributed by atoms with Gasteiger partial charge in [0.1, 0.15) is 18.7 Å². The maximum atomic E-state index is 5.63. The molecule has 0 spiro atoms. The fraction of sp³-hybridized carbons (Fsp3) is 0.143. The summed E-state index contributed by atoms with van der Waals surface area (Å²) in [6, 6.07) is 0. The standard InChI is InChI=1S/C7H7N5/c8-7-5-1-2-11-12-3-6(5)9-4-10-7/h1-2,4H,3H2,(H2,8,9,10). The van der Waals surface area contributed by atoms with Crippen molar-refractivity contribution in [3.8, 4) is 0 Å². The predicted molar refractivity (Wildman–Crippen MR) is 44.0 cm³/mol. The molecule has 0 atom stereocenters. The van der Waals surface area contributed by atoms with Crippen LogP contribution in [0.1, 0.15) is 11.3 Å². The van der Waals surface area contributed by atoms with E-state index in [0.717, 1.165) is 11.3 Å². The Balaban J connectivity index is 2.59. The zero-order chi connectivity index (χ0) is 8.39. The minimum Gasteiger partial charge on any atom is -0.383 e. The number of nitrogens with zero attached hydrogens (tertiary/aromatic N) is 4. The number of fused-ring (bicyclic) bond motifs is 1. The van der Waals surface area contributed by atoms with Gasteiger partial charge in [0.05, 0.1) is 5.69 Å². The van der Waals surface area contributed by atoms with Crippen molar-refractivity contribution < 1.29 is 0 Å². The highest BCUT2D eigenvalue weighted by molar-refractivity contribution is 5.62. The molecule has 0 aromatic carbocycles. The molecule has 2 N–H and O–H groups in total. The Kier molecular flexibility index (Phi) is 1.55. The molecule has 0 aliphatic carbocycles. The molecule has 5 heteroatoms. The highest BCUT2D eigenvalue weighted by Gasteiger charge is 2.06. The highest BCUT2D eigenvalue weighted by Crippen LogP contribution is 2.17. The maximum Gasteiger partial charge on any atom is 0.134 e. The summed E-state index contributed by atoms with van der Waals surface area (Å²) in [7, 11) is 0. The van der Waals surface area contributed by atoms with Gasteiger partial charge in [-0.2, -0.15) is 10.2 Å². The van der Waals surface area contributed by atoms with Gasteiger partial charge in [0.25, 0.3) is 0 Å². The fourth-order valence-electron chi connectivity index (χ4n) is 1.02. The number of hydrogen-bond acceptors (Lipinski definition) is 5. The van der Waals surface area contributed by atoms with Gasteiger partial charge in [-0.05, 0) is 6.08 Å². The van der Waals surface area contributed by atoms with Gasteiger partial charge in [-0.1, -0.05) is 0 Å². The van der Waals surface area contributed by atoms with Crippen LogP contribution in [0.15, 0.2) is 22.8 Å². The number of nitrogens with two attached hydrogens (primary N) is 1. The Labute approximate surface area is 69.1 Å². The van der Waals surface area contributed by atoms with E-state index in [1.807, 2.05) is 0 Å². The average molecular weight is 161 g/mol. The van der Waals surface area contributed by atoms with E-state index in [-0.39, 0.29) is 0 Å². The summed E-state index contributed by atoms with van der Waals surface area (Å²) in [5, 5.41) is 7.59. The molecule has 2 rings (SSSR count). The first-order chi connectivity index (χ1) is 5.88. The molecule has 2 heterocycles. The van der Waals surface area contributed by atoms with Crippen LogP contribution in [0.4, 0.5) is 5.82 Å². The minimum absolute atomic E-state index is 0.467. The lowest BCUT2D eigenvalue weighted by atomic mass is 10.2. The van der Waals surface area contributed by atoms with Crippen molar-refractivity contribution >= 4 is 11.9 Å². The number of rotatable bonds is 0. The zero-order valence-electron chi connectivity index (χ0n) is 6.31. The lowest BCUT2D eigenvalue weighted by Gasteiger charge is -2.01. The molecule has 12 heavy (non-hydrogen) atoms. The molecule has 1 aliphatic rings. The van der Waals surface area contributed by atoms with E-state index in [1.54, 1.807) is 12.3 Å². The summed E-state index contributed by atoms with van der Waals surface area (Å²) in [5.74, 6) is 0.476. The molecule has 1 aromatic rings. The normalized spacial score (nSPS) is 14.0. The third-order valence-electron chi connectivity index (χ3n) is 1.61. The van der Waals surface area contributed by atoms with Crippen molar-refractivity contribution in [1.29, 1.82) is 0 Å². The molecule has 0 radical (unpaired) electrons. The quantitative estimate of drug-likeness (QED) is 0.616. The number of hydrogen-bond donors (Lipinski definition) is 1. The molecule has 0 saturated carbocycles. The lowest BCUT2D eigenvalue weighted by molar-refractivity contribution is 0.907. The van der Waals surface area contributed by atoms with E-state index in [2.05, 4.69) is 20.2 Å². The molecular weight excluding hydrogens is 154 g/mol. The van der Waals surface area contributed by atoms with E-state index in [9.17, 15) is 0 Å². The van der Waals surface area contributed by atoms with Crippen LogP contribution in [0.3, 0.4) is 0 Å². The van der Waals surface area contributed by atoms with Gasteiger partial charge in [0, 0.05) is 11.8 Å². The Hall–Kier alpha value is -1.78. The fourth-order valence-corrected chi connectivity index (χ4v) is 1.02. The molecule has 1 aliphatic heterocycles. The Morgan fingerprint density at radius 2 is 2.25 bits per heavy atom. The van der Waals surface area contributed by atoms with Crippen LogP contribution in [-0.4, -0.2) is 9.97 Å². The summed E-state index contributed by atoms with van der Waals surface area (Å²) in [4.78, 5) is 7.91. The smallest absolute Gasteiger partial charge is 0.134 e. The SMILES string of the molecule is Nc1ncnc2c1C=CN=NC2. The molecule has 5 nitrogen and oxygen atoms in total. The van der Waals surface area contributed by atoms with Crippen LogP contribution in [0.2, 0.25) is 0 Å². The molecule has 0 fully saturated rings. The van der Waals surface area contributed by atoms with Gasteiger partial charge >= 0.3 is 0 Å². The van der Waals surface area contributed by atoms with Crippen LogP contribution < -0.4 is 5.73 Å². The van der Waals surface area contributed by atoms with Crippen LogP contribution in [0.5, 0.6) is 0 Å². The van der Waals surface area contributed by atoms with E-state index < -0.39 is 0 Å². The van der Waals surface area contributed by atoms with Gasteiger partial charge < -0.3 is 5.73 Å². The second-order valence-corrected chi connectivity index (χ2v) is 2.35. The van der Waals surface area contributed by atoms with Crippen molar-refractivity contribution in [1.82, 2.24) is 9.97 Å². The van der Waals surface area contributed by atoms with Crippen molar-refractivity contribution in [3.63, 3.8) is 0 Å². The maximum absolute atomic E-state index is 5.63. The van der Waals surface area contributed by atoms with Crippen LogP contribution in [0, 0.1) is 0 Å². The summed E-state index contributed by atoms with van der Waals surface area (Å²) in [5.41, 5.74) is 7.27. The highest BCUT2D eigenvalue weighted by atomic mass is 15.1. The van der Waals surface area contributed by atoms with Gasteiger partial charge in [-0.3, -0.25) is 0 Å². The second kappa shape index (κ2) is 2.69. The second-order valence-electron chi connectivity index (χ2n) is 2.35. The molecular formula is C7H7N5. The molecule has 0 amide bonds. The van der Waals surface area contributed by atoms with Crippen molar-refractivity contribution in [2.45, 2.75) is 6.54 Å². The molecule has 0 unspecified atom stereocenters. The number of nitrogen functional groups attached to an aromatic ring is 1. The average Bonchev–Trinajstić information content (AvgIpc) is 2.30. The van der Waals surface area contributed by atoms with Gasteiger partial charge in [-0.15, -0.1) is 0 Å². The van der Waals surface area contributed by atoms with Gasteiger partial charge in [-0.25, -0.2) is 9.97 Å². The molecule has 60 valence electrons. The van der Waals surface area contributed by atoms with Crippen LogP contribution in [-0.2, 0) is 6.54 Å². The number of aromatic nitrogens is 2. The van der Waals surface area contributed by atoms with Crippen LogP contribution in [0.25, 0.3) is 6.08 Å². The van der Waals surface area contributed by atoms with Crippen molar-refractivity contribution in [3.05, 3.63) is 23.8 Å². The predicted octanol–water partition coefficient (Wildman–Crippen LogP) is 0.995. The van der Waals surface area contributed by atoms with Crippen molar-refractivity contribution in [2.24, 2.45) is 10.2 Å². The topological polar surface area (TPSA) is 76.5 Å². The summed E-state index contributed by atoms with van der Waals surface area (Å²) in [6.45, 7) is 0.467. The molecule has 0 bridgehead atoms. The third kappa shape index (κ3) is 1.05. The third-order valence-corrected chi connectivity index (χ3v) is 1.61.